The van der Waals surface area contributed by atoms with Crippen LogP contribution in [0.2, 0.25) is 0 Å². The van der Waals surface area contributed by atoms with Crippen LogP contribution >= 0.6 is 0 Å². The molecule has 1 rings (SSSR count). The van der Waals surface area contributed by atoms with Crippen LogP contribution < -0.4 is 10.5 Å². The molecule has 1 aromatic heterocycles. The third-order valence-corrected chi connectivity index (χ3v) is 2.99. The highest BCUT2D eigenvalue weighted by Gasteiger charge is 2.39. The van der Waals surface area contributed by atoms with Gasteiger partial charge in [0.2, 0.25) is 0 Å². The zero-order valence-electron chi connectivity index (χ0n) is 11.8. The van der Waals surface area contributed by atoms with Gasteiger partial charge in [-0.25, -0.2) is 0 Å². The highest BCUT2D eigenvalue weighted by atomic mass is 19.4. The Morgan fingerprint density at radius 1 is 1.05 bits per heavy atom. The van der Waals surface area contributed by atoms with E-state index in [1.807, 2.05) is 0 Å². The molecule has 1 heterocycles. The van der Waals surface area contributed by atoms with Gasteiger partial charge < -0.3 is 10.5 Å². The summed E-state index contributed by atoms with van der Waals surface area (Å²) in [5.41, 5.74) is 2.19. The first-order valence-corrected chi connectivity index (χ1v) is 6.33. The molecule has 0 spiro atoms. The first-order chi connectivity index (χ1) is 9.91. The number of rotatable bonds is 5. The molecule has 0 aliphatic carbocycles. The van der Waals surface area contributed by atoms with Gasteiger partial charge in [0, 0.05) is 12.1 Å². The van der Waals surface area contributed by atoms with Crippen LogP contribution in [0.15, 0.2) is 6.07 Å². The average molecular weight is 331 g/mol. The fourth-order valence-corrected chi connectivity index (χ4v) is 1.38. The van der Waals surface area contributed by atoms with Crippen molar-refractivity contribution in [2.75, 3.05) is 6.61 Å². The Hall–Kier alpha value is -1.58. The van der Waals surface area contributed by atoms with Crippen LogP contribution in [0.5, 0.6) is 6.01 Å². The first kappa shape index (κ1) is 18.5. The van der Waals surface area contributed by atoms with E-state index in [4.69, 9.17) is 10.5 Å². The highest BCUT2D eigenvalue weighted by molar-refractivity contribution is 5.18. The molecular formula is C12H15F6N3O. The number of hydrogen-bond donors (Lipinski definition) is 1. The SMILES string of the molecule is CC(N)C(C)CCOc1nc(C(F)(F)F)cc(C(F)(F)F)n1. The zero-order chi connectivity index (χ0) is 17.1. The smallest absolute Gasteiger partial charge is 0.433 e. The number of ether oxygens (including phenoxy) is 1. The lowest BCUT2D eigenvalue weighted by molar-refractivity contribution is -0.148. The molecule has 2 unspecified atom stereocenters. The summed E-state index contributed by atoms with van der Waals surface area (Å²) in [4.78, 5) is 5.94. The predicted octanol–water partition coefficient (Wildman–Crippen LogP) is 3.27. The zero-order valence-corrected chi connectivity index (χ0v) is 11.8. The van der Waals surface area contributed by atoms with Crippen molar-refractivity contribution in [1.82, 2.24) is 9.97 Å². The van der Waals surface area contributed by atoms with Crippen molar-refractivity contribution in [2.24, 2.45) is 11.7 Å². The summed E-state index contributed by atoms with van der Waals surface area (Å²) in [6.07, 6.45) is -9.71. The Balaban J connectivity index is 2.94. The van der Waals surface area contributed by atoms with Crippen LogP contribution in [0.4, 0.5) is 26.3 Å². The standard InChI is InChI=1S/C12H15F6N3O/c1-6(7(2)19)3-4-22-10-20-8(11(13,14)15)5-9(21-10)12(16,17)18/h5-7H,3-4,19H2,1-2H3. The summed E-state index contributed by atoms with van der Waals surface area (Å²) >= 11 is 0. The maximum Gasteiger partial charge on any atom is 0.433 e. The van der Waals surface area contributed by atoms with Gasteiger partial charge in [0.25, 0.3) is 0 Å². The predicted molar refractivity (Wildman–Crippen MR) is 65.0 cm³/mol. The van der Waals surface area contributed by atoms with E-state index < -0.39 is 29.8 Å². The molecule has 2 atom stereocenters. The summed E-state index contributed by atoms with van der Waals surface area (Å²) in [7, 11) is 0. The summed E-state index contributed by atoms with van der Waals surface area (Å²) in [6, 6.07) is -1.30. The molecule has 2 N–H and O–H groups in total. The second-order valence-electron chi connectivity index (χ2n) is 4.89. The number of nitrogens with zero attached hydrogens (tertiary/aromatic N) is 2. The molecule has 0 saturated heterocycles. The normalized spacial score (nSPS) is 15.5. The fourth-order valence-electron chi connectivity index (χ4n) is 1.38. The van der Waals surface area contributed by atoms with E-state index in [9.17, 15) is 26.3 Å². The van der Waals surface area contributed by atoms with Crippen LogP contribution in [-0.2, 0) is 12.4 Å². The molecule has 1 aromatic rings. The summed E-state index contributed by atoms with van der Waals surface area (Å²) in [6.45, 7) is 3.37. The van der Waals surface area contributed by atoms with E-state index in [1.54, 1.807) is 13.8 Å². The van der Waals surface area contributed by atoms with Gasteiger partial charge >= 0.3 is 18.4 Å². The Bertz CT molecular complexity index is 468. The van der Waals surface area contributed by atoms with E-state index >= 15 is 0 Å². The van der Waals surface area contributed by atoms with E-state index in [-0.39, 0.29) is 24.6 Å². The van der Waals surface area contributed by atoms with Crippen LogP contribution in [0, 0.1) is 5.92 Å². The van der Waals surface area contributed by atoms with E-state index in [1.165, 1.54) is 0 Å². The molecule has 0 aliphatic heterocycles. The van der Waals surface area contributed by atoms with Gasteiger partial charge in [-0.15, -0.1) is 0 Å². The molecule has 22 heavy (non-hydrogen) atoms. The molecule has 0 bridgehead atoms. The second kappa shape index (κ2) is 6.67. The monoisotopic (exact) mass is 331 g/mol. The van der Waals surface area contributed by atoms with Crippen molar-refractivity contribution in [3.63, 3.8) is 0 Å². The Kier molecular flexibility index (Phi) is 5.60. The van der Waals surface area contributed by atoms with E-state index in [0.29, 0.717) is 6.42 Å². The van der Waals surface area contributed by atoms with E-state index in [2.05, 4.69) is 9.97 Å². The first-order valence-electron chi connectivity index (χ1n) is 6.33. The van der Waals surface area contributed by atoms with Crippen molar-refractivity contribution in [1.29, 1.82) is 0 Å². The molecule has 10 heteroatoms. The van der Waals surface area contributed by atoms with Crippen molar-refractivity contribution in [3.05, 3.63) is 17.5 Å². The van der Waals surface area contributed by atoms with Crippen molar-refractivity contribution >= 4 is 0 Å². The lowest BCUT2D eigenvalue weighted by atomic mass is 10.0. The van der Waals surface area contributed by atoms with Gasteiger partial charge in [-0.05, 0) is 19.3 Å². The summed E-state index contributed by atoms with van der Waals surface area (Å²) in [5, 5.41) is 0. The number of nitrogens with two attached hydrogens (primary N) is 1. The molecule has 0 amide bonds. The molecule has 126 valence electrons. The number of aromatic nitrogens is 2. The largest absolute Gasteiger partial charge is 0.463 e. The Morgan fingerprint density at radius 3 is 1.86 bits per heavy atom. The van der Waals surface area contributed by atoms with Crippen LogP contribution in [0.3, 0.4) is 0 Å². The Morgan fingerprint density at radius 2 is 1.50 bits per heavy atom. The molecule has 0 aliphatic rings. The van der Waals surface area contributed by atoms with Crippen LogP contribution in [-0.4, -0.2) is 22.6 Å². The topological polar surface area (TPSA) is 61.0 Å². The maximum absolute atomic E-state index is 12.6. The third kappa shape index (κ3) is 5.32. The molecule has 4 nitrogen and oxygen atoms in total. The minimum atomic E-state index is -5.03. The van der Waals surface area contributed by atoms with Crippen molar-refractivity contribution in [3.8, 4) is 6.01 Å². The molecule has 0 saturated carbocycles. The minimum absolute atomic E-state index is 0.0205. The van der Waals surface area contributed by atoms with Crippen molar-refractivity contribution < 1.29 is 31.1 Å². The van der Waals surface area contributed by atoms with Gasteiger partial charge in [0.05, 0.1) is 6.61 Å². The van der Waals surface area contributed by atoms with Crippen molar-refractivity contribution in [2.45, 2.75) is 38.7 Å². The fraction of sp³-hybridized carbons (Fsp3) is 0.667. The molecule has 0 fully saturated rings. The second-order valence-corrected chi connectivity index (χ2v) is 4.89. The lowest BCUT2D eigenvalue weighted by Gasteiger charge is -2.16. The molecule has 0 aromatic carbocycles. The third-order valence-electron chi connectivity index (χ3n) is 2.99. The number of halogens is 6. The van der Waals surface area contributed by atoms with Crippen LogP contribution in [0.25, 0.3) is 0 Å². The summed E-state index contributed by atoms with van der Waals surface area (Å²) in [5.74, 6) is -0.0205. The van der Waals surface area contributed by atoms with Gasteiger partial charge in [-0.1, -0.05) is 6.92 Å². The quantitative estimate of drug-likeness (QED) is 0.841. The van der Waals surface area contributed by atoms with Gasteiger partial charge in [-0.2, -0.15) is 36.3 Å². The summed E-state index contributed by atoms with van der Waals surface area (Å²) < 4.78 is 80.2. The molecule has 0 radical (unpaired) electrons. The van der Waals surface area contributed by atoms with Crippen LogP contribution in [0.1, 0.15) is 31.7 Å². The van der Waals surface area contributed by atoms with E-state index in [0.717, 1.165) is 0 Å². The maximum atomic E-state index is 12.6. The average Bonchev–Trinajstić information content (AvgIpc) is 2.36. The minimum Gasteiger partial charge on any atom is -0.463 e. The number of alkyl halides is 6. The lowest BCUT2D eigenvalue weighted by Crippen LogP contribution is -2.25. The molecular weight excluding hydrogens is 316 g/mol. The Labute approximate surface area is 122 Å². The van der Waals surface area contributed by atoms with Gasteiger partial charge in [0.1, 0.15) is 0 Å². The highest BCUT2D eigenvalue weighted by Crippen LogP contribution is 2.34. The number of hydrogen-bond acceptors (Lipinski definition) is 4. The van der Waals surface area contributed by atoms with Gasteiger partial charge in [-0.3, -0.25) is 0 Å². The van der Waals surface area contributed by atoms with Gasteiger partial charge in [0.15, 0.2) is 11.4 Å².